The maximum atomic E-state index is 11.1. The van der Waals surface area contributed by atoms with Gasteiger partial charge in [-0.05, 0) is 18.6 Å². The molecule has 0 heterocycles. The van der Waals surface area contributed by atoms with E-state index in [0.29, 0.717) is 6.61 Å². The van der Waals surface area contributed by atoms with E-state index < -0.39 is 10.9 Å². The Morgan fingerprint density at radius 3 is 2.84 bits per heavy atom. The minimum absolute atomic E-state index is 0.114. The number of anilines is 1. The Balaban J connectivity index is 2.89. The molecule has 0 atom stereocenters. The van der Waals surface area contributed by atoms with Crippen molar-refractivity contribution in [2.45, 2.75) is 19.8 Å². The van der Waals surface area contributed by atoms with Crippen molar-refractivity contribution in [2.75, 3.05) is 18.5 Å². The van der Waals surface area contributed by atoms with E-state index in [1.54, 1.807) is 6.07 Å². The molecule has 0 aliphatic rings. The number of benzene rings is 1. The number of hydrogen-bond acceptors (Lipinski definition) is 5. The van der Waals surface area contributed by atoms with Gasteiger partial charge in [0.1, 0.15) is 5.69 Å². The summed E-state index contributed by atoms with van der Waals surface area (Å²) in [5.74, 6) is -0.777. The monoisotopic (exact) mass is 268 g/mol. The number of para-hydroxylation sites is 1. The lowest BCUT2D eigenvalue weighted by atomic mass is 10.2. The first kappa shape index (κ1) is 14.7. The highest BCUT2D eigenvalue weighted by Crippen LogP contribution is 2.34. The van der Waals surface area contributed by atoms with Gasteiger partial charge in [0.05, 0.1) is 18.0 Å². The van der Waals surface area contributed by atoms with Crippen LogP contribution in [0.3, 0.4) is 0 Å². The van der Waals surface area contributed by atoms with Gasteiger partial charge in [0.25, 0.3) is 0 Å². The fourth-order valence-electron chi connectivity index (χ4n) is 1.49. The second-order valence-corrected chi connectivity index (χ2v) is 3.83. The summed E-state index contributed by atoms with van der Waals surface area (Å²) in [6.45, 7) is 2.41. The Bertz CT molecular complexity index is 461. The van der Waals surface area contributed by atoms with Crippen molar-refractivity contribution in [3.8, 4) is 5.75 Å². The van der Waals surface area contributed by atoms with Crippen LogP contribution in [0.25, 0.3) is 0 Å². The Morgan fingerprint density at radius 1 is 1.53 bits per heavy atom. The summed E-state index contributed by atoms with van der Waals surface area (Å²) in [5.41, 5.74) is 0.0983. The van der Waals surface area contributed by atoms with Gasteiger partial charge in [-0.15, -0.1) is 0 Å². The lowest BCUT2D eigenvalue weighted by Crippen LogP contribution is -2.09. The van der Waals surface area contributed by atoms with Crippen LogP contribution in [0.5, 0.6) is 5.75 Å². The van der Waals surface area contributed by atoms with Crippen LogP contribution in [0, 0.1) is 10.1 Å². The molecule has 0 saturated carbocycles. The molecule has 0 aliphatic carbocycles. The van der Waals surface area contributed by atoms with Crippen LogP contribution in [-0.4, -0.2) is 29.2 Å². The number of nitro benzene ring substituents is 1. The number of carboxylic acid groups (broad SMARTS) is 1. The second-order valence-electron chi connectivity index (χ2n) is 3.83. The van der Waals surface area contributed by atoms with Crippen molar-refractivity contribution in [1.29, 1.82) is 0 Å². The van der Waals surface area contributed by atoms with Gasteiger partial charge in [-0.2, -0.15) is 0 Å². The second kappa shape index (κ2) is 7.20. The molecule has 0 amide bonds. The summed E-state index contributed by atoms with van der Waals surface area (Å²) in [5, 5.41) is 22.4. The number of carboxylic acids is 1. The zero-order valence-electron chi connectivity index (χ0n) is 10.6. The van der Waals surface area contributed by atoms with E-state index in [4.69, 9.17) is 9.84 Å². The number of carbonyl (C=O) groups is 1. The molecule has 1 aromatic rings. The van der Waals surface area contributed by atoms with Crippen molar-refractivity contribution < 1.29 is 19.6 Å². The maximum Gasteiger partial charge on any atom is 0.333 e. The average molecular weight is 268 g/mol. The van der Waals surface area contributed by atoms with Crippen LogP contribution >= 0.6 is 0 Å². The fraction of sp³-hybridized carbons (Fsp3) is 0.417. The zero-order valence-corrected chi connectivity index (χ0v) is 10.6. The van der Waals surface area contributed by atoms with Gasteiger partial charge in [0.2, 0.25) is 0 Å². The van der Waals surface area contributed by atoms with Gasteiger partial charge in [-0.25, -0.2) is 0 Å². The van der Waals surface area contributed by atoms with Gasteiger partial charge in [0.15, 0.2) is 5.75 Å². The molecular weight excluding hydrogens is 252 g/mol. The zero-order chi connectivity index (χ0) is 14.3. The molecule has 0 spiro atoms. The molecule has 7 nitrogen and oxygen atoms in total. The molecule has 0 saturated heterocycles. The smallest absolute Gasteiger partial charge is 0.333 e. The van der Waals surface area contributed by atoms with E-state index in [9.17, 15) is 14.9 Å². The lowest BCUT2D eigenvalue weighted by Gasteiger charge is -2.10. The quantitative estimate of drug-likeness (QED) is 0.554. The third kappa shape index (κ3) is 4.46. The minimum Gasteiger partial charge on any atom is -0.487 e. The average Bonchev–Trinajstić information content (AvgIpc) is 2.35. The van der Waals surface area contributed by atoms with E-state index in [2.05, 4.69) is 5.32 Å². The predicted molar refractivity (Wildman–Crippen MR) is 69.6 cm³/mol. The largest absolute Gasteiger partial charge is 0.487 e. The Hall–Kier alpha value is -2.31. The molecule has 0 unspecified atom stereocenters. The molecule has 0 radical (unpaired) electrons. The van der Waals surface area contributed by atoms with E-state index in [1.165, 1.54) is 12.1 Å². The maximum absolute atomic E-state index is 11.1. The summed E-state index contributed by atoms with van der Waals surface area (Å²) in [7, 11) is 0. The number of hydrogen-bond donors (Lipinski definition) is 2. The predicted octanol–water partition coefficient (Wildman–Crippen LogP) is 2.27. The topological polar surface area (TPSA) is 102 Å². The highest BCUT2D eigenvalue weighted by molar-refractivity contribution is 5.70. The Morgan fingerprint density at radius 2 is 2.26 bits per heavy atom. The fourth-order valence-corrected chi connectivity index (χ4v) is 1.49. The molecule has 2 N–H and O–H groups in total. The van der Waals surface area contributed by atoms with Crippen molar-refractivity contribution in [3.63, 3.8) is 0 Å². The summed E-state index contributed by atoms with van der Waals surface area (Å²) >= 11 is 0. The molecule has 7 heteroatoms. The highest BCUT2D eigenvalue weighted by atomic mass is 16.6. The van der Waals surface area contributed by atoms with E-state index >= 15 is 0 Å². The highest BCUT2D eigenvalue weighted by Gasteiger charge is 2.20. The van der Waals surface area contributed by atoms with Crippen LogP contribution in [0.4, 0.5) is 11.4 Å². The van der Waals surface area contributed by atoms with Crippen molar-refractivity contribution in [3.05, 3.63) is 28.3 Å². The molecule has 0 aliphatic heterocycles. The SMILES string of the molecule is CCCOc1cccc(NCCC(=O)O)c1[N+](=O)[O-]. The molecule has 0 aromatic heterocycles. The Kier molecular flexibility index (Phi) is 5.59. The molecule has 104 valence electrons. The molecule has 19 heavy (non-hydrogen) atoms. The van der Waals surface area contributed by atoms with Crippen LogP contribution in [0.15, 0.2) is 18.2 Å². The van der Waals surface area contributed by atoms with Crippen molar-refractivity contribution in [2.24, 2.45) is 0 Å². The Labute approximate surface area is 110 Å². The van der Waals surface area contributed by atoms with Crippen LogP contribution in [-0.2, 0) is 4.79 Å². The van der Waals surface area contributed by atoms with Gasteiger partial charge >= 0.3 is 11.7 Å². The number of rotatable bonds is 8. The van der Waals surface area contributed by atoms with Gasteiger partial charge in [0, 0.05) is 6.54 Å². The minimum atomic E-state index is -0.964. The first-order valence-corrected chi connectivity index (χ1v) is 5.92. The molecule has 1 rings (SSSR count). The van der Waals surface area contributed by atoms with Gasteiger partial charge < -0.3 is 15.2 Å². The third-order valence-corrected chi connectivity index (χ3v) is 2.30. The van der Waals surface area contributed by atoms with Crippen molar-refractivity contribution in [1.82, 2.24) is 0 Å². The summed E-state index contributed by atoms with van der Waals surface area (Å²) in [6, 6.07) is 4.68. The van der Waals surface area contributed by atoms with E-state index in [0.717, 1.165) is 6.42 Å². The first-order chi connectivity index (χ1) is 9.06. The van der Waals surface area contributed by atoms with E-state index in [1.807, 2.05) is 6.92 Å². The number of aliphatic carboxylic acids is 1. The molecule has 0 fully saturated rings. The van der Waals surface area contributed by atoms with Crippen LogP contribution in [0.1, 0.15) is 19.8 Å². The van der Waals surface area contributed by atoms with Crippen LogP contribution in [0.2, 0.25) is 0 Å². The summed E-state index contributed by atoms with van der Waals surface area (Å²) < 4.78 is 5.32. The van der Waals surface area contributed by atoms with Gasteiger partial charge in [-0.3, -0.25) is 14.9 Å². The third-order valence-electron chi connectivity index (χ3n) is 2.30. The number of nitrogens with zero attached hydrogens (tertiary/aromatic N) is 1. The number of nitrogens with one attached hydrogen (secondary N) is 1. The van der Waals surface area contributed by atoms with Crippen molar-refractivity contribution >= 4 is 17.3 Å². The number of ether oxygens (including phenoxy) is 1. The van der Waals surface area contributed by atoms with Crippen LogP contribution < -0.4 is 10.1 Å². The van der Waals surface area contributed by atoms with E-state index in [-0.39, 0.29) is 30.1 Å². The standard InChI is InChI=1S/C12H16N2O5/c1-2-8-19-10-5-3-4-9(12(10)14(17)18)13-7-6-11(15)16/h3-5,13H,2,6-8H2,1H3,(H,15,16). The summed E-state index contributed by atoms with van der Waals surface area (Å²) in [6.07, 6.45) is 0.630. The normalized spacial score (nSPS) is 9.95. The molecule has 0 bridgehead atoms. The van der Waals surface area contributed by atoms with Gasteiger partial charge in [-0.1, -0.05) is 13.0 Å². The number of nitro groups is 1. The molecule has 1 aromatic carbocycles. The first-order valence-electron chi connectivity index (χ1n) is 5.92. The lowest BCUT2D eigenvalue weighted by molar-refractivity contribution is -0.385. The molecular formula is C12H16N2O5. The summed E-state index contributed by atoms with van der Waals surface area (Å²) in [4.78, 5) is 21.0.